The third kappa shape index (κ3) is 5.21. The second kappa shape index (κ2) is 9.20. The highest BCUT2D eigenvalue weighted by molar-refractivity contribution is 6.33. The molecule has 0 radical (unpaired) electrons. The molecule has 2 N–H and O–H groups in total. The van der Waals surface area contributed by atoms with Crippen LogP contribution in [0, 0.1) is 6.92 Å². The molecule has 0 fully saturated rings. The second-order valence-corrected chi connectivity index (χ2v) is 6.95. The fraction of sp³-hybridized carbons (Fsp3) is 0.130. The van der Waals surface area contributed by atoms with Gasteiger partial charge >= 0.3 is 0 Å². The van der Waals surface area contributed by atoms with Gasteiger partial charge in [-0.05, 0) is 42.3 Å². The van der Waals surface area contributed by atoms with E-state index in [-0.39, 0.29) is 18.2 Å². The molecule has 0 heterocycles. The maximum Gasteiger partial charge on any atom is 0.253 e. The van der Waals surface area contributed by atoms with Gasteiger partial charge < -0.3 is 10.6 Å². The lowest BCUT2D eigenvalue weighted by Crippen LogP contribution is -2.31. The van der Waals surface area contributed by atoms with Crippen LogP contribution < -0.4 is 10.6 Å². The lowest BCUT2D eigenvalue weighted by Gasteiger charge is -2.19. The third-order valence-electron chi connectivity index (χ3n) is 4.32. The SMILES string of the molecule is Cc1cccc(NC(=O)C[C@H](NC(=O)c2ccccc2Cl)c2ccccc2)c1. The molecule has 3 aromatic rings. The van der Waals surface area contributed by atoms with Crippen LogP contribution >= 0.6 is 11.6 Å². The Morgan fingerprint density at radius 3 is 2.36 bits per heavy atom. The van der Waals surface area contributed by atoms with Crippen LogP contribution in [-0.2, 0) is 4.79 Å². The summed E-state index contributed by atoms with van der Waals surface area (Å²) in [4.78, 5) is 25.3. The molecule has 0 bridgehead atoms. The Balaban J connectivity index is 1.77. The summed E-state index contributed by atoms with van der Waals surface area (Å²) in [6.07, 6.45) is 0.105. The van der Waals surface area contributed by atoms with E-state index in [0.29, 0.717) is 10.6 Å². The van der Waals surface area contributed by atoms with Gasteiger partial charge in [-0.1, -0.05) is 66.2 Å². The van der Waals surface area contributed by atoms with Gasteiger partial charge in [-0.3, -0.25) is 9.59 Å². The number of carbonyl (C=O) groups excluding carboxylic acids is 2. The Morgan fingerprint density at radius 2 is 1.64 bits per heavy atom. The van der Waals surface area contributed by atoms with Crippen molar-refractivity contribution in [1.82, 2.24) is 5.32 Å². The van der Waals surface area contributed by atoms with Crippen LogP contribution in [0.5, 0.6) is 0 Å². The number of halogens is 1. The maximum atomic E-state index is 12.7. The Kier molecular flexibility index (Phi) is 6.45. The fourth-order valence-corrected chi connectivity index (χ4v) is 3.16. The first-order valence-corrected chi connectivity index (χ1v) is 9.37. The molecule has 0 aromatic heterocycles. The summed E-state index contributed by atoms with van der Waals surface area (Å²) < 4.78 is 0. The minimum Gasteiger partial charge on any atom is -0.345 e. The number of aryl methyl sites for hydroxylation is 1. The summed E-state index contributed by atoms with van der Waals surface area (Å²) in [7, 11) is 0. The van der Waals surface area contributed by atoms with E-state index in [1.807, 2.05) is 61.5 Å². The Morgan fingerprint density at radius 1 is 0.929 bits per heavy atom. The van der Waals surface area contributed by atoms with E-state index >= 15 is 0 Å². The first kappa shape index (κ1) is 19.6. The highest BCUT2D eigenvalue weighted by Gasteiger charge is 2.20. The molecule has 1 atom stereocenters. The largest absolute Gasteiger partial charge is 0.345 e. The van der Waals surface area contributed by atoms with Crippen LogP contribution in [0.2, 0.25) is 5.02 Å². The number of benzene rings is 3. The fourth-order valence-electron chi connectivity index (χ4n) is 2.94. The predicted molar refractivity (Wildman–Crippen MR) is 113 cm³/mol. The standard InChI is InChI=1S/C23H21ClN2O2/c1-16-8-7-11-18(14-16)25-22(27)15-21(17-9-3-2-4-10-17)26-23(28)19-12-5-6-13-20(19)24/h2-14,21H,15H2,1H3,(H,25,27)(H,26,28)/t21-/m0/s1. The van der Waals surface area contributed by atoms with E-state index in [2.05, 4.69) is 10.6 Å². The average Bonchev–Trinajstić information content (AvgIpc) is 2.68. The molecule has 4 nitrogen and oxygen atoms in total. The van der Waals surface area contributed by atoms with Crippen LogP contribution in [0.15, 0.2) is 78.9 Å². The predicted octanol–water partition coefficient (Wildman–Crippen LogP) is 5.15. The first-order chi connectivity index (χ1) is 13.5. The Hall–Kier alpha value is -3.11. The molecule has 142 valence electrons. The zero-order valence-electron chi connectivity index (χ0n) is 15.5. The minimum atomic E-state index is -0.477. The molecular weight excluding hydrogens is 372 g/mol. The van der Waals surface area contributed by atoms with Crippen molar-refractivity contribution >= 4 is 29.1 Å². The lowest BCUT2D eigenvalue weighted by atomic mass is 10.0. The monoisotopic (exact) mass is 392 g/mol. The summed E-state index contributed by atoms with van der Waals surface area (Å²) >= 11 is 6.14. The number of hydrogen-bond acceptors (Lipinski definition) is 2. The number of amides is 2. The van der Waals surface area contributed by atoms with Crippen molar-refractivity contribution in [3.8, 4) is 0 Å². The molecule has 0 aliphatic heterocycles. The number of hydrogen-bond donors (Lipinski definition) is 2. The first-order valence-electron chi connectivity index (χ1n) is 9.00. The molecule has 0 spiro atoms. The van der Waals surface area contributed by atoms with Gasteiger partial charge in [0.2, 0.25) is 5.91 Å². The van der Waals surface area contributed by atoms with E-state index in [1.165, 1.54) is 0 Å². The second-order valence-electron chi connectivity index (χ2n) is 6.54. The summed E-state index contributed by atoms with van der Waals surface area (Å²) in [5.41, 5.74) is 3.02. The molecule has 0 saturated carbocycles. The molecule has 0 aliphatic rings. The van der Waals surface area contributed by atoms with Crippen molar-refractivity contribution in [2.24, 2.45) is 0 Å². The van der Waals surface area contributed by atoms with Gasteiger partial charge in [-0.25, -0.2) is 0 Å². The minimum absolute atomic E-state index is 0.105. The van der Waals surface area contributed by atoms with Gasteiger partial charge in [0.25, 0.3) is 5.91 Å². The number of anilines is 1. The number of carbonyl (C=O) groups is 2. The maximum absolute atomic E-state index is 12.7. The van der Waals surface area contributed by atoms with Gasteiger partial charge in [0.15, 0.2) is 0 Å². The van der Waals surface area contributed by atoms with E-state index < -0.39 is 6.04 Å². The Labute approximate surface area is 169 Å². The smallest absolute Gasteiger partial charge is 0.253 e. The molecule has 3 aromatic carbocycles. The van der Waals surface area contributed by atoms with Gasteiger partial charge in [-0.2, -0.15) is 0 Å². The van der Waals surface area contributed by atoms with Crippen molar-refractivity contribution in [2.75, 3.05) is 5.32 Å². The van der Waals surface area contributed by atoms with E-state index in [1.54, 1.807) is 24.3 Å². The zero-order valence-corrected chi connectivity index (χ0v) is 16.2. The van der Waals surface area contributed by atoms with Crippen LogP contribution in [-0.4, -0.2) is 11.8 Å². The van der Waals surface area contributed by atoms with Crippen LogP contribution in [0.3, 0.4) is 0 Å². The summed E-state index contributed by atoms with van der Waals surface area (Å²) in [5, 5.41) is 6.20. The van der Waals surface area contributed by atoms with Crippen LogP contribution in [0.25, 0.3) is 0 Å². The molecule has 0 aliphatic carbocycles. The normalized spacial score (nSPS) is 11.5. The number of nitrogens with one attached hydrogen (secondary N) is 2. The van der Waals surface area contributed by atoms with E-state index in [4.69, 9.17) is 11.6 Å². The molecule has 28 heavy (non-hydrogen) atoms. The molecule has 3 rings (SSSR count). The average molecular weight is 393 g/mol. The van der Waals surface area contributed by atoms with E-state index in [0.717, 1.165) is 16.8 Å². The van der Waals surface area contributed by atoms with E-state index in [9.17, 15) is 9.59 Å². The molecule has 0 unspecified atom stereocenters. The summed E-state index contributed by atoms with van der Waals surface area (Å²) in [6, 6.07) is 23.4. The number of rotatable bonds is 6. The van der Waals surface area contributed by atoms with Crippen molar-refractivity contribution in [3.63, 3.8) is 0 Å². The van der Waals surface area contributed by atoms with Crippen LogP contribution in [0.1, 0.15) is 33.9 Å². The van der Waals surface area contributed by atoms with Crippen LogP contribution in [0.4, 0.5) is 5.69 Å². The van der Waals surface area contributed by atoms with Crippen molar-refractivity contribution in [2.45, 2.75) is 19.4 Å². The molecular formula is C23H21ClN2O2. The summed E-state index contributed by atoms with van der Waals surface area (Å²) in [5.74, 6) is -0.498. The highest BCUT2D eigenvalue weighted by Crippen LogP contribution is 2.21. The van der Waals surface area contributed by atoms with Crippen molar-refractivity contribution in [1.29, 1.82) is 0 Å². The quantitative estimate of drug-likeness (QED) is 0.609. The molecule has 0 saturated heterocycles. The van der Waals surface area contributed by atoms with Gasteiger partial charge in [0, 0.05) is 5.69 Å². The summed E-state index contributed by atoms with van der Waals surface area (Å²) in [6.45, 7) is 1.96. The third-order valence-corrected chi connectivity index (χ3v) is 4.65. The van der Waals surface area contributed by atoms with Gasteiger partial charge in [0.05, 0.1) is 23.0 Å². The van der Waals surface area contributed by atoms with Crippen molar-refractivity contribution < 1.29 is 9.59 Å². The molecule has 2 amide bonds. The highest BCUT2D eigenvalue weighted by atomic mass is 35.5. The zero-order chi connectivity index (χ0) is 19.9. The molecule has 5 heteroatoms. The van der Waals surface area contributed by atoms with Crippen molar-refractivity contribution in [3.05, 3.63) is 101 Å². The topological polar surface area (TPSA) is 58.2 Å². The van der Waals surface area contributed by atoms with Gasteiger partial charge in [-0.15, -0.1) is 0 Å². The lowest BCUT2D eigenvalue weighted by molar-refractivity contribution is -0.116. The van der Waals surface area contributed by atoms with Gasteiger partial charge in [0.1, 0.15) is 0 Å². The Bertz CT molecular complexity index is 973.